The van der Waals surface area contributed by atoms with E-state index in [0.717, 1.165) is 27.8 Å². The van der Waals surface area contributed by atoms with Gasteiger partial charge in [-0.25, -0.2) is 0 Å². The number of amides is 2. The first-order valence-electron chi connectivity index (χ1n) is 11.6. The number of fused-ring (bicyclic) bond motifs is 1. The Morgan fingerprint density at radius 2 is 1.51 bits per heavy atom. The van der Waals surface area contributed by atoms with Crippen molar-refractivity contribution in [3.63, 3.8) is 0 Å². The summed E-state index contributed by atoms with van der Waals surface area (Å²) in [6.07, 6.45) is 1.98. The number of carbonyl (C=O) groups is 2. The lowest BCUT2D eigenvalue weighted by Gasteiger charge is -2.25. The Bertz CT molecular complexity index is 1410. The van der Waals surface area contributed by atoms with Gasteiger partial charge in [-0.3, -0.25) is 14.4 Å². The molecule has 0 radical (unpaired) electrons. The third-order valence-electron chi connectivity index (χ3n) is 6.27. The molecule has 1 N–H and O–H groups in total. The minimum Gasteiger partial charge on any atom is -0.342 e. The highest BCUT2D eigenvalue weighted by molar-refractivity contribution is 5.99. The zero-order chi connectivity index (χ0) is 24.9. The smallest absolute Gasteiger partial charge is 0.259 e. The van der Waals surface area contributed by atoms with Crippen molar-refractivity contribution in [2.24, 2.45) is 0 Å². The molecule has 1 unspecified atom stereocenters. The molecule has 0 spiro atoms. The second-order valence-electron chi connectivity index (χ2n) is 8.78. The molecule has 0 bridgehead atoms. The molecule has 1 atom stereocenters. The van der Waals surface area contributed by atoms with Gasteiger partial charge in [-0.05, 0) is 54.1 Å². The summed E-state index contributed by atoms with van der Waals surface area (Å²) in [4.78, 5) is 41.2. The summed E-state index contributed by atoms with van der Waals surface area (Å²) >= 11 is 0. The Kier molecular flexibility index (Phi) is 7.11. The third-order valence-corrected chi connectivity index (χ3v) is 6.27. The van der Waals surface area contributed by atoms with Crippen LogP contribution < -0.4 is 15.8 Å². The van der Waals surface area contributed by atoms with E-state index in [2.05, 4.69) is 5.32 Å². The zero-order valence-corrected chi connectivity index (χ0v) is 20.2. The fourth-order valence-electron chi connectivity index (χ4n) is 4.29. The van der Waals surface area contributed by atoms with E-state index in [1.54, 1.807) is 18.1 Å². The predicted octanol–water partition coefficient (Wildman–Crippen LogP) is 4.01. The van der Waals surface area contributed by atoms with Crippen LogP contribution in [0.1, 0.15) is 16.7 Å². The number of hydrogen-bond acceptors (Lipinski definition) is 3. The monoisotopic (exact) mass is 467 g/mol. The number of rotatable bonds is 7. The van der Waals surface area contributed by atoms with E-state index in [9.17, 15) is 14.4 Å². The van der Waals surface area contributed by atoms with Crippen LogP contribution in [0.25, 0.3) is 10.8 Å². The first-order valence-corrected chi connectivity index (χ1v) is 11.6. The molecule has 0 aliphatic rings. The molecule has 6 nitrogen and oxygen atoms in total. The van der Waals surface area contributed by atoms with Gasteiger partial charge in [0.1, 0.15) is 12.6 Å². The van der Waals surface area contributed by atoms with Crippen molar-refractivity contribution in [1.82, 2.24) is 9.88 Å². The molecule has 178 valence electrons. The first-order chi connectivity index (χ1) is 16.8. The zero-order valence-electron chi connectivity index (χ0n) is 20.2. The number of nitrogens with zero attached hydrogens (tertiary/aromatic N) is 2. The molecule has 0 saturated heterocycles. The summed E-state index contributed by atoms with van der Waals surface area (Å²) in [5, 5.41) is 4.37. The van der Waals surface area contributed by atoms with E-state index in [-0.39, 0.29) is 18.0 Å². The normalized spacial score (nSPS) is 11.7. The summed E-state index contributed by atoms with van der Waals surface area (Å²) in [5.41, 5.74) is 3.33. The third kappa shape index (κ3) is 5.32. The summed E-state index contributed by atoms with van der Waals surface area (Å²) in [7, 11) is 1.70. The molecule has 2 amide bonds. The lowest BCUT2D eigenvalue weighted by molar-refractivity contribution is -0.127. The van der Waals surface area contributed by atoms with Crippen molar-refractivity contribution >= 4 is 28.3 Å². The predicted molar refractivity (Wildman–Crippen MR) is 140 cm³/mol. The van der Waals surface area contributed by atoms with Crippen LogP contribution in [0.3, 0.4) is 0 Å². The molecule has 0 aliphatic heterocycles. The van der Waals surface area contributed by atoms with Gasteiger partial charge in [0, 0.05) is 25.4 Å². The average Bonchev–Trinajstić information content (AvgIpc) is 2.87. The first kappa shape index (κ1) is 24.0. The molecule has 4 aromatic rings. The number of nitrogens with one attached hydrogen (secondary N) is 1. The number of carbonyl (C=O) groups excluding carboxylic acids is 2. The molecule has 3 aromatic carbocycles. The fourth-order valence-corrected chi connectivity index (χ4v) is 4.29. The second-order valence-corrected chi connectivity index (χ2v) is 8.78. The quantitative estimate of drug-likeness (QED) is 0.447. The van der Waals surface area contributed by atoms with E-state index in [0.29, 0.717) is 11.8 Å². The number of pyridine rings is 1. The van der Waals surface area contributed by atoms with Gasteiger partial charge in [-0.2, -0.15) is 0 Å². The maximum absolute atomic E-state index is 13.4. The SMILES string of the molecule is Cc1ccc(C)c2c(=O)n(CC(=O)NC(Cc3ccccc3)C(=O)N(C)c3ccccc3)ccc12. The van der Waals surface area contributed by atoms with Gasteiger partial charge in [0.15, 0.2) is 0 Å². The second kappa shape index (κ2) is 10.4. The van der Waals surface area contributed by atoms with Gasteiger partial charge in [0.05, 0.1) is 5.39 Å². The number of benzene rings is 3. The maximum Gasteiger partial charge on any atom is 0.259 e. The Morgan fingerprint density at radius 3 is 2.20 bits per heavy atom. The molecule has 35 heavy (non-hydrogen) atoms. The van der Waals surface area contributed by atoms with Gasteiger partial charge in [-0.15, -0.1) is 0 Å². The van der Waals surface area contributed by atoms with Crippen LogP contribution in [0.5, 0.6) is 0 Å². The van der Waals surface area contributed by atoms with E-state index >= 15 is 0 Å². The summed E-state index contributed by atoms with van der Waals surface area (Å²) < 4.78 is 1.40. The number of para-hydroxylation sites is 1. The van der Waals surface area contributed by atoms with E-state index < -0.39 is 11.9 Å². The highest BCUT2D eigenvalue weighted by Crippen LogP contribution is 2.18. The lowest BCUT2D eigenvalue weighted by atomic mass is 10.0. The van der Waals surface area contributed by atoms with E-state index in [4.69, 9.17) is 0 Å². The number of hydrogen-bond donors (Lipinski definition) is 1. The van der Waals surface area contributed by atoms with Crippen molar-refractivity contribution in [3.8, 4) is 0 Å². The number of aromatic nitrogens is 1. The standard InChI is InChI=1S/C29H29N3O3/c1-20-14-15-21(2)27-24(20)16-17-32(29(27)35)19-26(33)30-25(18-22-10-6-4-7-11-22)28(34)31(3)23-12-8-5-9-13-23/h4-17,25H,18-19H2,1-3H3,(H,30,33). The lowest BCUT2D eigenvalue weighted by Crippen LogP contribution is -2.50. The van der Waals surface area contributed by atoms with Crippen LogP contribution in [0.2, 0.25) is 0 Å². The number of anilines is 1. The summed E-state index contributed by atoms with van der Waals surface area (Å²) in [6, 6.07) is 23.8. The largest absolute Gasteiger partial charge is 0.342 e. The van der Waals surface area contributed by atoms with Crippen LogP contribution in [0.15, 0.2) is 89.9 Å². The van der Waals surface area contributed by atoms with Crippen molar-refractivity contribution in [2.45, 2.75) is 32.9 Å². The topological polar surface area (TPSA) is 71.4 Å². The Morgan fingerprint density at radius 1 is 0.886 bits per heavy atom. The molecule has 1 heterocycles. The van der Waals surface area contributed by atoms with Gasteiger partial charge in [0.25, 0.3) is 5.56 Å². The van der Waals surface area contributed by atoms with Crippen LogP contribution in [0.4, 0.5) is 5.69 Å². The van der Waals surface area contributed by atoms with Gasteiger partial charge >= 0.3 is 0 Å². The van der Waals surface area contributed by atoms with Gasteiger partial charge in [-0.1, -0.05) is 60.7 Å². The number of aryl methyl sites for hydroxylation is 2. The van der Waals surface area contributed by atoms with Gasteiger partial charge < -0.3 is 14.8 Å². The molecular formula is C29H29N3O3. The van der Waals surface area contributed by atoms with Crippen LogP contribution in [0, 0.1) is 13.8 Å². The minimum absolute atomic E-state index is 0.171. The minimum atomic E-state index is -0.782. The highest BCUT2D eigenvalue weighted by atomic mass is 16.2. The Balaban J connectivity index is 1.58. The van der Waals surface area contributed by atoms with Crippen molar-refractivity contribution in [2.75, 3.05) is 11.9 Å². The maximum atomic E-state index is 13.4. The molecular weight excluding hydrogens is 438 g/mol. The van der Waals surface area contributed by atoms with Crippen molar-refractivity contribution < 1.29 is 9.59 Å². The molecule has 0 fully saturated rings. The van der Waals surface area contributed by atoms with E-state index in [1.807, 2.05) is 92.7 Å². The van der Waals surface area contributed by atoms with Crippen LogP contribution in [-0.4, -0.2) is 29.5 Å². The molecule has 0 aliphatic carbocycles. The summed E-state index contributed by atoms with van der Waals surface area (Å²) in [6.45, 7) is 3.68. The van der Waals surface area contributed by atoms with E-state index in [1.165, 1.54) is 4.57 Å². The highest BCUT2D eigenvalue weighted by Gasteiger charge is 2.25. The Labute approximate surface area is 204 Å². The molecule has 1 aromatic heterocycles. The van der Waals surface area contributed by atoms with Crippen LogP contribution >= 0.6 is 0 Å². The molecule has 6 heteroatoms. The summed E-state index contributed by atoms with van der Waals surface area (Å²) in [5.74, 6) is -0.627. The van der Waals surface area contributed by atoms with Crippen LogP contribution in [-0.2, 0) is 22.6 Å². The number of likely N-dealkylation sites (N-methyl/N-ethyl adjacent to an activating group) is 1. The van der Waals surface area contributed by atoms with Crippen molar-refractivity contribution in [3.05, 3.63) is 112 Å². The van der Waals surface area contributed by atoms with Crippen molar-refractivity contribution in [1.29, 1.82) is 0 Å². The Hall–Kier alpha value is -4.19. The average molecular weight is 468 g/mol. The fraction of sp³-hybridized carbons (Fsp3) is 0.207. The van der Waals surface area contributed by atoms with Gasteiger partial charge in [0.2, 0.25) is 11.8 Å². The molecule has 0 saturated carbocycles. The molecule has 4 rings (SSSR count).